The molecule has 0 fully saturated rings. The van der Waals surface area contributed by atoms with Gasteiger partial charge >= 0.3 is 0 Å². The molecule has 1 aliphatic heterocycles. The number of nitro groups is 1. The molecule has 1 aromatic heterocycles. The SMILES string of the molecule is Cc1ccsc1C(C)Nc1cc2c(cc1[N+](=O)[O-])OCO2. The number of benzene rings is 1. The summed E-state index contributed by atoms with van der Waals surface area (Å²) in [6.07, 6.45) is 0. The molecular weight excluding hydrogens is 292 g/mol. The van der Waals surface area contributed by atoms with Gasteiger partial charge in [-0.2, -0.15) is 0 Å². The van der Waals surface area contributed by atoms with E-state index in [4.69, 9.17) is 9.47 Å². The number of nitrogens with one attached hydrogen (secondary N) is 1. The molecule has 1 N–H and O–H groups in total. The number of rotatable bonds is 4. The lowest BCUT2D eigenvalue weighted by molar-refractivity contribution is -0.384. The molecule has 2 aromatic rings. The summed E-state index contributed by atoms with van der Waals surface area (Å²) in [4.78, 5) is 12.0. The second kappa shape index (κ2) is 5.25. The molecule has 1 atom stereocenters. The first kappa shape index (κ1) is 13.7. The van der Waals surface area contributed by atoms with Gasteiger partial charge in [0.15, 0.2) is 11.5 Å². The van der Waals surface area contributed by atoms with Crippen LogP contribution in [-0.2, 0) is 0 Å². The van der Waals surface area contributed by atoms with Crippen molar-refractivity contribution in [2.45, 2.75) is 19.9 Å². The number of fused-ring (bicyclic) bond motifs is 1. The minimum Gasteiger partial charge on any atom is -0.454 e. The topological polar surface area (TPSA) is 73.6 Å². The standard InChI is InChI=1S/C14H14N2O4S/c1-8-3-4-21-14(8)9(2)15-10-5-12-13(20-7-19-12)6-11(10)16(17)18/h3-6,9,15H,7H2,1-2H3. The van der Waals surface area contributed by atoms with Gasteiger partial charge in [-0.3, -0.25) is 10.1 Å². The fourth-order valence-electron chi connectivity index (χ4n) is 2.32. The zero-order valence-electron chi connectivity index (χ0n) is 11.6. The Morgan fingerprint density at radius 2 is 2.10 bits per heavy atom. The van der Waals surface area contributed by atoms with E-state index < -0.39 is 4.92 Å². The number of aryl methyl sites for hydroxylation is 1. The molecule has 0 bridgehead atoms. The van der Waals surface area contributed by atoms with E-state index in [0.29, 0.717) is 17.2 Å². The molecule has 1 unspecified atom stereocenters. The van der Waals surface area contributed by atoms with Crippen molar-refractivity contribution in [3.8, 4) is 11.5 Å². The predicted octanol–water partition coefficient (Wildman–Crippen LogP) is 3.87. The van der Waals surface area contributed by atoms with Crippen LogP contribution in [0.1, 0.15) is 23.4 Å². The third kappa shape index (κ3) is 2.52. The van der Waals surface area contributed by atoms with Gasteiger partial charge in [0.25, 0.3) is 5.69 Å². The van der Waals surface area contributed by atoms with Gasteiger partial charge in [0.1, 0.15) is 5.69 Å². The molecule has 0 spiro atoms. The number of hydrogen-bond acceptors (Lipinski definition) is 6. The lowest BCUT2D eigenvalue weighted by atomic mass is 10.1. The van der Waals surface area contributed by atoms with E-state index in [1.54, 1.807) is 17.4 Å². The third-order valence-corrected chi connectivity index (χ3v) is 4.56. The molecule has 3 rings (SSSR count). The first-order chi connectivity index (χ1) is 10.1. The Balaban J connectivity index is 1.94. The maximum Gasteiger partial charge on any atom is 0.296 e. The van der Waals surface area contributed by atoms with Crippen LogP contribution in [0.25, 0.3) is 0 Å². The minimum atomic E-state index is -0.418. The smallest absolute Gasteiger partial charge is 0.296 e. The van der Waals surface area contributed by atoms with E-state index in [-0.39, 0.29) is 18.5 Å². The van der Waals surface area contributed by atoms with Crippen molar-refractivity contribution in [2.75, 3.05) is 12.1 Å². The summed E-state index contributed by atoms with van der Waals surface area (Å²) >= 11 is 1.63. The van der Waals surface area contributed by atoms with Gasteiger partial charge in [0.2, 0.25) is 6.79 Å². The average molecular weight is 306 g/mol. The summed E-state index contributed by atoms with van der Waals surface area (Å²) in [5.41, 5.74) is 1.59. The van der Waals surface area contributed by atoms with E-state index in [0.717, 1.165) is 4.88 Å². The van der Waals surface area contributed by atoms with E-state index in [9.17, 15) is 10.1 Å². The number of nitro benzene ring substituents is 1. The summed E-state index contributed by atoms with van der Waals surface area (Å²) < 4.78 is 10.5. The zero-order chi connectivity index (χ0) is 15.0. The molecule has 1 aromatic carbocycles. The summed E-state index contributed by atoms with van der Waals surface area (Å²) in [6.45, 7) is 4.10. The molecule has 7 heteroatoms. The van der Waals surface area contributed by atoms with Crippen LogP contribution in [0, 0.1) is 17.0 Å². The highest BCUT2D eigenvalue weighted by molar-refractivity contribution is 7.10. The van der Waals surface area contributed by atoms with Crippen LogP contribution in [0.15, 0.2) is 23.6 Å². The van der Waals surface area contributed by atoms with Gasteiger partial charge in [-0.15, -0.1) is 11.3 Å². The molecule has 2 heterocycles. The molecule has 110 valence electrons. The largest absolute Gasteiger partial charge is 0.454 e. The van der Waals surface area contributed by atoms with Gasteiger partial charge < -0.3 is 14.8 Å². The van der Waals surface area contributed by atoms with Crippen LogP contribution in [0.3, 0.4) is 0 Å². The molecular formula is C14H14N2O4S. The number of thiophene rings is 1. The van der Waals surface area contributed by atoms with E-state index in [2.05, 4.69) is 5.32 Å². The Morgan fingerprint density at radius 3 is 2.71 bits per heavy atom. The monoisotopic (exact) mass is 306 g/mol. The van der Waals surface area contributed by atoms with Crippen molar-refractivity contribution in [2.24, 2.45) is 0 Å². The molecule has 0 radical (unpaired) electrons. The highest BCUT2D eigenvalue weighted by Gasteiger charge is 2.24. The maximum absolute atomic E-state index is 11.2. The normalized spacial score (nSPS) is 14.0. The molecule has 0 saturated carbocycles. The Kier molecular flexibility index (Phi) is 3.42. The Hall–Kier alpha value is -2.28. The zero-order valence-corrected chi connectivity index (χ0v) is 12.4. The van der Waals surface area contributed by atoms with Crippen LogP contribution < -0.4 is 14.8 Å². The third-order valence-electron chi connectivity index (χ3n) is 3.35. The van der Waals surface area contributed by atoms with Crippen molar-refractivity contribution >= 4 is 22.7 Å². The van der Waals surface area contributed by atoms with Gasteiger partial charge in [0.05, 0.1) is 17.0 Å². The Bertz CT molecular complexity index is 698. The summed E-state index contributed by atoms with van der Waals surface area (Å²) in [6, 6.07) is 5.04. The fourth-order valence-corrected chi connectivity index (χ4v) is 3.26. The van der Waals surface area contributed by atoms with E-state index >= 15 is 0 Å². The van der Waals surface area contributed by atoms with Gasteiger partial charge in [0, 0.05) is 10.9 Å². The first-order valence-corrected chi connectivity index (χ1v) is 7.33. The van der Waals surface area contributed by atoms with Crippen molar-refractivity contribution in [1.29, 1.82) is 0 Å². The van der Waals surface area contributed by atoms with Gasteiger partial charge in [-0.1, -0.05) is 0 Å². The predicted molar refractivity (Wildman–Crippen MR) is 80.3 cm³/mol. The van der Waals surface area contributed by atoms with Crippen LogP contribution in [-0.4, -0.2) is 11.7 Å². The second-order valence-electron chi connectivity index (χ2n) is 4.81. The molecule has 0 amide bonds. The maximum atomic E-state index is 11.2. The second-order valence-corrected chi connectivity index (χ2v) is 5.76. The number of ether oxygens (including phenoxy) is 2. The summed E-state index contributed by atoms with van der Waals surface area (Å²) in [7, 11) is 0. The van der Waals surface area contributed by atoms with Crippen molar-refractivity contribution in [1.82, 2.24) is 0 Å². The number of nitrogens with zero attached hydrogens (tertiary/aromatic N) is 1. The van der Waals surface area contributed by atoms with Crippen LogP contribution in [0.4, 0.5) is 11.4 Å². The van der Waals surface area contributed by atoms with Crippen molar-refractivity contribution in [3.05, 3.63) is 44.1 Å². The Morgan fingerprint density at radius 1 is 1.38 bits per heavy atom. The minimum absolute atomic E-state index is 0.0136. The van der Waals surface area contributed by atoms with Crippen molar-refractivity contribution < 1.29 is 14.4 Å². The molecule has 0 saturated heterocycles. The Labute approximate surface area is 125 Å². The quantitative estimate of drug-likeness (QED) is 0.685. The van der Waals surface area contributed by atoms with Crippen molar-refractivity contribution in [3.63, 3.8) is 0 Å². The van der Waals surface area contributed by atoms with Gasteiger partial charge in [-0.25, -0.2) is 0 Å². The summed E-state index contributed by atoms with van der Waals surface area (Å²) in [5.74, 6) is 0.936. The summed E-state index contributed by atoms with van der Waals surface area (Å²) in [5, 5.41) is 16.4. The number of anilines is 1. The number of hydrogen-bond donors (Lipinski definition) is 1. The average Bonchev–Trinajstić information content (AvgIpc) is 3.05. The van der Waals surface area contributed by atoms with Crippen LogP contribution >= 0.6 is 11.3 Å². The van der Waals surface area contributed by atoms with Crippen LogP contribution in [0.2, 0.25) is 0 Å². The van der Waals surface area contributed by atoms with E-state index in [1.807, 2.05) is 25.3 Å². The molecule has 0 aliphatic carbocycles. The first-order valence-electron chi connectivity index (χ1n) is 6.45. The van der Waals surface area contributed by atoms with Crippen LogP contribution in [0.5, 0.6) is 11.5 Å². The molecule has 21 heavy (non-hydrogen) atoms. The highest BCUT2D eigenvalue weighted by Crippen LogP contribution is 2.42. The van der Waals surface area contributed by atoms with Gasteiger partial charge in [-0.05, 0) is 30.9 Å². The lowest BCUT2D eigenvalue weighted by Crippen LogP contribution is -2.08. The fraction of sp³-hybridized carbons (Fsp3) is 0.286. The molecule has 1 aliphatic rings. The highest BCUT2D eigenvalue weighted by atomic mass is 32.1. The van der Waals surface area contributed by atoms with E-state index in [1.165, 1.54) is 11.6 Å². The molecule has 6 nitrogen and oxygen atoms in total. The lowest BCUT2D eigenvalue weighted by Gasteiger charge is -2.15.